The van der Waals surface area contributed by atoms with Gasteiger partial charge in [0.1, 0.15) is 11.9 Å². The highest BCUT2D eigenvalue weighted by Gasteiger charge is 2.67. The Morgan fingerprint density at radius 2 is 1.85 bits per heavy atom. The van der Waals surface area contributed by atoms with Crippen molar-refractivity contribution in [1.82, 2.24) is 4.98 Å². The maximum Gasteiger partial charge on any atom is 0.514 e. The van der Waals surface area contributed by atoms with Crippen LogP contribution in [0.4, 0.5) is 4.79 Å². The molecule has 13 heteroatoms. The lowest BCUT2D eigenvalue weighted by Crippen LogP contribution is -2.38. The summed E-state index contributed by atoms with van der Waals surface area (Å²) < 4.78 is 46.9. The van der Waals surface area contributed by atoms with Crippen LogP contribution in [0.15, 0.2) is 42.7 Å². The molecule has 184 valence electrons. The molecule has 1 aromatic carbocycles. The van der Waals surface area contributed by atoms with E-state index in [0.717, 1.165) is 25.7 Å². The second-order valence-corrected chi connectivity index (χ2v) is 12.6. The number of carbonyl (C=O) groups is 1. The summed E-state index contributed by atoms with van der Waals surface area (Å²) in [5.41, 5.74) is 0.749. The van der Waals surface area contributed by atoms with E-state index in [9.17, 15) is 28.8 Å². The van der Waals surface area contributed by atoms with Gasteiger partial charge in [-0.3, -0.25) is 23.2 Å². The van der Waals surface area contributed by atoms with Crippen LogP contribution < -0.4 is 4.74 Å². The number of hydrogen-bond acceptors (Lipinski definition) is 9. The summed E-state index contributed by atoms with van der Waals surface area (Å²) in [6.45, 7) is 1.68. The first-order chi connectivity index (χ1) is 16.0. The molecule has 0 bridgehead atoms. The standard InChI is InChI=1S/C21H25NO10P2/c1-14-8-9-18(30-20(23)29-16-6-2-3-7-16)17(11-14)19-31-33(25,26)21(24,34(27,28)32-19)12-15-5-4-10-22-13-15/h4-5,8-11,13,16,19,24H,2-3,6-7,12H2,1H3,(H,25,26)(H,27,28). The van der Waals surface area contributed by atoms with Gasteiger partial charge in [-0.1, -0.05) is 17.7 Å². The molecule has 2 atom stereocenters. The zero-order valence-corrected chi connectivity index (χ0v) is 20.1. The second-order valence-electron chi connectivity index (χ2n) is 8.31. The minimum absolute atomic E-state index is 0.0876. The molecule has 34 heavy (non-hydrogen) atoms. The molecule has 2 aliphatic rings. The second kappa shape index (κ2) is 9.51. The highest BCUT2D eigenvalue weighted by Crippen LogP contribution is 2.79. The highest BCUT2D eigenvalue weighted by molar-refractivity contribution is 7.73. The predicted molar refractivity (Wildman–Crippen MR) is 118 cm³/mol. The Hall–Kier alpha value is -2.10. The number of benzene rings is 1. The van der Waals surface area contributed by atoms with Gasteiger partial charge in [0.2, 0.25) is 6.29 Å². The number of aliphatic hydroxyl groups is 1. The Labute approximate surface area is 195 Å². The summed E-state index contributed by atoms with van der Waals surface area (Å²) in [6.07, 6.45) is 2.19. The molecule has 0 spiro atoms. The van der Waals surface area contributed by atoms with Crippen LogP contribution in [0.2, 0.25) is 0 Å². The Kier molecular flexibility index (Phi) is 6.99. The van der Waals surface area contributed by atoms with Crippen LogP contribution >= 0.6 is 15.2 Å². The van der Waals surface area contributed by atoms with Crippen LogP contribution in [-0.4, -0.2) is 37.2 Å². The van der Waals surface area contributed by atoms with Crippen molar-refractivity contribution in [3.63, 3.8) is 0 Å². The SMILES string of the molecule is Cc1ccc(OC(=O)OC2CCCC2)c(C2OP(=O)(O)C(O)(Cc3cccnc3)P(=O)(O)O2)c1. The van der Waals surface area contributed by atoms with Crippen LogP contribution in [0.1, 0.15) is 48.7 Å². The number of hydrogen-bond donors (Lipinski definition) is 3. The first-order valence-corrected chi connectivity index (χ1v) is 13.8. The topological polar surface area (TPSA) is 162 Å². The van der Waals surface area contributed by atoms with Gasteiger partial charge in [-0.2, -0.15) is 0 Å². The van der Waals surface area contributed by atoms with Crippen LogP contribution in [0.5, 0.6) is 5.75 Å². The molecule has 4 rings (SSSR count). The van der Waals surface area contributed by atoms with Gasteiger partial charge < -0.3 is 24.4 Å². The molecule has 3 N–H and O–H groups in total. The number of nitrogens with zero attached hydrogens (tertiary/aromatic N) is 1. The van der Waals surface area contributed by atoms with Crippen molar-refractivity contribution in [1.29, 1.82) is 0 Å². The minimum Gasteiger partial charge on any atom is -0.431 e. The van der Waals surface area contributed by atoms with Crippen LogP contribution in [0.3, 0.4) is 0 Å². The molecule has 2 fully saturated rings. The number of rotatable bonds is 5. The molecule has 1 saturated heterocycles. The van der Waals surface area contributed by atoms with Crippen LogP contribution in [-0.2, 0) is 29.3 Å². The third-order valence-corrected chi connectivity index (χ3v) is 10.3. The molecule has 2 heterocycles. The Balaban J connectivity index is 1.61. The van der Waals surface area contributed by atoms with Gasteiger partial charge in [0, 0.05) is 18.8 Å². The molecular weight excluding hydrogens is 488 g/mol. The molecule has 2 unspecified atom stereocenters. The summed E-state index contributed by atoms with van der Waals surface area (Å²) in [5, 5.41) is 7.73. The molecule has 1 aromatic heterocycles. The Morgan fingerprint density at radius 1 is 1.18 bits per heavy atom. The zero-order valence-electron chi connectivity index (χ0n) is 18.3. The van der Waals surface area contributed by atoms with Gasteiger partial charge >= 0.3 is 21.3 Å². The first kappa shape index (κ1) is 25.0. The number of ether oxygens (including phenoxy) is 2. The van der Waals surface area contributed by atoms with Gasteiger partial charge in [0.05, 0.1) is 5.56 Å². The number of carbonyl (C=O) groups excluding carboxylic acids is 1. The molecule has 0 radical (unpaired) electrons. The number of aromatic nitrogens is 1. The summed E-state index contributed by atoms with van der Waals surface area (Å²) in [5.74, 6) is -0.142. The molecule has 1 saturated carbocycles. The largest absolute Gasteiger partial charge is 0.514 e. The van der Waals surface area contributed by atoms with E-state index in [2.05, 4.69) is 4.98 Å². The van der Waals surface area contributed by atoms with Gasteiger partial charge in [-0.05, 0) is 56.4 Å². The molecule has 2 aromatic rings. The minimum atomic E-state index is -5.19. The van der Waals surface area contributed by atoms with E-state index in [1.807, 2.05) is 0 Å². The molecule has 1 aliphatic heterocycles. The van der Waals surface area contributed by atoms with E-state index >= 15 is 0 Å². The fourth-order valence-corrected chi connectivity index (χ4v) is 7.46. The van der Waals surface area contributed by atoms with E-state index < -0.39 is 39.1 Å². The molecule has 1 aliphatic carbocycles. The summed E-state index contributed by atoms with van der Waals surface area (Å²) in [7, 11) is -10.4. The van der Waals surface area contributed by atoms with Crippen LogP contribution in [0.25, 0.3) is 0 Å². The Bertz CT molecular complexity index is 1130. The first-order valence-electron chi connectivity index (χ1n) is 10.6. The third-order valence-electron chi connectivity index (χ3n) is 5.72. The average molecular weight is 513 g/mol. The average Bonchev–Trinajstić information content (AvgIpc) is 3.26. The fourth-order valence-electron chi connectivity index (χ4n) is 3.90. The van der Waals surface area contributed by atoms with Crippen molar-refractivity contribution < 1.29 is 47.3 Å². The van der Waals surface area contributed by atoms with Gasteiger partial charge in [-0.15, -0.1) is 0 Å². The lowest BCUT2D eigenvalue weighted by Gasteiger charge is -2.41. The normalized spacial score (nSPS) is 31.8. The van der Waals surface area contributed by atoms with E-state index in [1.165, 1.54) is 36.7 Å². The van der Waals surface area contributed by atoms with Crippen molar-refractivity contribution >= 4 is 21.3 Å². The van der Waals surface area contributed by atoms with Crippen molar-refractivity contribution in [2.24, 2.45) is 0 Å². The van der Waals surface area contributed by atoms with Crippen molar-refractivity contribution in [3.8, 4) is 5.75 Å². The van der Waals surface area contributed by atoms with E-state index in [1.54, 1.807) is 13.0 Å². The lowest BCUT2D eigenvalue weighted by molar-refractivity contribution is -0.0589. The monoisotopic (exact) mass is 513 g/mol. The summed E-state index contributed by atoms with van der Waals surface area (Å²) in [4.78, 5) is 37.2. The lowest BCUT2D eigenvalue weighted by atomic mass is 10.1. The maximum atomic E-state index is 13.1. The Morgan fingerprint density at radius 3 is 2.47 bits per heavy atom. The van der Waals surface area contributed by atoms with Crippen molar-refractivity contribution in [2.75, 3.05) is 0 Å². The molecule has 11 nitrogen and oxygen atoms in total. The maximum absolute atomic E-state index is 13.1. The summed E-state index contributed by atoms with van der Waals surface area (Å²) >= 11 is 0. The van der Waals surface area contributed by atoms with Crippen molar-refractivity contribution in [2.45, 2.75) is 56.5 Å². The van der Waals surface area contributed by atoms with Gasteiger partial charge in [0.15, 0.2) is 0 Å². The van der Waals surface area contributed by atoms with Gasteiger partial charge in [-0.25, -0.2) is 4.79 Å². The quantitative estimate of drug-likeness (QED) is 0.299. The smallest absolute Gasteiger partial charge is 0.431 e. The van der Waals surface area contributed by atoms with Crippen LogP contribution in [0, 0.1) is 6.92 Å². The van der Waals surface area contributed by atoms with E-state index in [4.69, 9.17) is 18.5 Å². The third kappa shape index (κ3) is 4.97. The zero-order chi connectivity index (χ0) is 24.6. The van der Waals surface area contributed by atoms with E-state index in [-0.39, 0.29) is 23.0 Å². The van der Waals surface area contributed by atoms with E-state index in [0.29, 0.717) is 5.56 Å². The molecule has 0 amide bonds. The predicted octanol–water partition coefficient (Wildman–Crippen LogP) is 4.15. The number of aryl methyl sites for hydroxylation is 1. The van der Waals surface area contributed by atoms with Crippen molar-refractivity contribution in [3.05, 3.63) is 59.4 Å². The highest BCUT2D eigenvalue weighted by atomic mass is 31.2. The molecular formula is C21H25NO10P2. The van der Waals surface area contributed by atoms with Gasteiger partial charge in [0.25, 0.3) is 5.08 Å². The number of pyridine rings is 1. The summed E-state index contributed by atoms with van der Waals surface area (Å²) in [6, 6.07) is 7.35. The fraction of sp³-hybridized carbons (Fsp3) is 0.429.